The smallest absolute Gasteiger partial charge is 0.220 e. The van der Waals surface area contributed by atoms with Gasteiger partial charge in [0.05, 0.1) is 6.10 Å². The van der Waals surface area contributed by atoms with E-state index in [-0.39, 0.29) is 18.6 Å². The highest BCUT2D eigenvalue weighted by molar-refractivity contribution is 5.75. The molecule has 2 fully saturated rings. The summed E-state index contributed by atoms with van der Waals surface area (Å²) in [6.45, 7) is 1.85. The Kier molecular flexibility index (Phi) is 6.80. The molecule has 0 spiro atoms. The first-order valence-corrected chi connectivity index (χ1v) is 8.28. The van der Waals surface area contributed by atoms with E-state index >= 15 is 0 Å². The lowest BCUT2D eigenvalue weighted by molar-refractivity contribution is -0.122. The zero-order chi connectivity index (χ0) is 14.2. The molecule has 1 aliphatic heterocycles. The molecular formula is C16H29NO3. The van der Waals surface area contributed by atoms with Crippen molar-refractivity contribution in [1.82, 2.24) is 5.32 Å². The van der Waals surface area contributed by atoms with Gasteiger partial charge < -0.3 is 15.2 Å². The number of ether oxygens (including phenoxy) is 1. The fourth-order valence-corrected chi connectivity index (χ4v) is 3.45. The highest BCUT2D eigenvalue weighted by Crippen LogP contribution is 2.29. The molecule has 2 aliphatic rings. The van der Waals surface area contributed by atoms with Gasteiger partial charge in [-0.2, -0.15) is 0 Å². The Morgan fingerprint density at radius 2 is 1.85 bits per heavy atom. The van der Waals surface area contributed by atoms with Crippen LogP contribution in [0, 0.1) is 11.8 Å². The maximum atomic E-state index is 11.9. The molecule has 1 aliphatic carbocycles. The number of hydrogen-bond acceptors (Lipinski definition) is 3. The summed E-state index contributed by atoms with van der Waals surface area (Å²) in [6.07, 6.45) is 9.88. The standard InChI is InChI=1S/C16H29NO3/c18-12-14-6-2-1-5-13(14)11-17-16(19)9-8-15-7-3-4-10-20-15/h13-15,18H,1-12H2,(H,17,19). The first-order valence-electron chi connectivity index (χ1n) is 8.28. The predicted molar refractivity (Wildman–Crippen MR) is 78.4 cm³/mol. The molecule has 0 aromatic heterocycles. The average Bonchev–Trinajstić information content (AvgIpc) is 2.52. The molecule has 0 radical (unpaired) electrons. The lowest BCUT2D eigenvalue weighted by Crippen LogP contribution is -2.35. The van der Waals surface area contributed by atoms with Gasteiger partial charge in [-0.05, 0) is 50.4 Å². The van der Waals surface area contributed by atoms with Crippen molar-refractivity contribution < 1.29 is 14.6 Å². The second-order valence-corrected chi connectivity index (χ2v) is 6.32. The number of carbonyl (C=O) groups is 1. The van der Waals surface area contributed by atoms with Crippen LogP contribution in [0.15, 0.2) is 0 Å². The van der Waals surface area contributed by atoms with Crippen LogP contribution in [-0.2, 0) is 9.53 Å². The van der Waals surface area contributed by atoms with E-state index in [4.69, 9.17) is 4.74 Å². The normalized spacial score (nSPS) is 30.9. The van der Waals surface area contributed by atoms with Crippen molar-refractivity contribution in [2.24, 2.45) is 11.8 Å². The molecule has 20 heavy (non-hydrogen) atoms. The minimum atomic E-state index is 0.140. The Morgan fingerprint density at radius 1 is 1.10 bits per heavy atom. The van der Waals surface area contributed by atoms with Gasteiger partial charge in [-0.1, -0.05) is 12.8 Å². The van der Waals surface area contributed by atoms with Gasteiger partial charge in [-0.25, -0.2) is 0 Å². The molecule has 3 unspecified atom stereocenters. The number of hydrogen-bond donors (Lipinski definition) is 2. The molecule has 2 N–H and O–H groups in total. The summed E-state index contributed by atoms with van der Waals surface area (Å²) < 4.78 is 5.64. The first-order chi connectivity index (χ1) is 9.79. The van der Waals surface area contributed by atoms with Crippen LogP contribution in [-0.4, -0.2) is 36.9 Å². The molecule has 1 amide bonds. The third-order valence-electron chi connectivity index (χ3n) is 4.83. The average molecular weight is 283 g/mol. The van der Waals surface area contributed by atoms with Crippen molar-refractivity contribution in [1.29, 1.82) is 0 Å². The Morgan fingerprint density at radius 3 is 2.55 bits per heavy atom. The molecule has 0 bridgehead atoms. The summed E-state index contributed by atoms with van der Waals surface area (Å²) in [5.41, 5.74) is 0. The maximum Gasteiger partial charge on any atom is 0.220 e. The summed E-state index contributed by atoms with van der Waals surface area (Å²) in [5.74, 6) is 0.982. The maximum absolute atomic E-state index is 11.9. The van der Waals surface area contributed by atoms with Crippen molar-refractivity contribution in [3.8, 4) is 0 Å². The van der Waals surface area contributed by atoms with Crippen LogP contribution in [0.25, 0.3) is 0 Å². The number of amides is 1. The minimum absolute atomic E-state index is 0.140. The Bertz CT molecular complexity index is 289. The molecule has 0 aromatic rings. The highest BCUT2D eigenvalue weighted by atomic mass is 16.5. The molecule has 1 saturated carbocycles. The van der Waals surface area contributed by atoms with Crippen LogP contribution < -0.4 is 5.32 Å². The molecule has 0 aromatic carbocycles. The topological polar surface area (TPSA) is 58.6 Å². The van der Waals surface area contributed by atoms with Gasteiger partial charge in [0.15, 0.2) is 0 Å². The van der Waals surface area contributed by atoms with E-state index in [9.17, 15) is 9.90 Å². The quantitative estimate of drug-likeness (QED) is 0.786. The van der Waals surface area contributed by atoms with E-state index in [1.165, 1.54) is 19.3 Å². The molecule has 3 atom stereocenters. The third-order valence-corrected chi connectivity index (χ3v) is 4.83. The molecule has 2 rings (SSSR count). The van der Waals surface area contributed by atoms with E-state index in [0.29, 0.717) is 18.3 Å². The summed E-state index contributed by atoms with van der Waals surface area (Å²) in [6, 6.07) is 0. The summed E-state index contributed by atoms with van der Waals surface area (Å²) >= 11 is 0. The van der Waals surface area contributed by atoms with Crippen LogP contribution in [0.5, 0.6) is 0 Å². The molecule has 4 heteroatoms. The summed E-state index contributed by atoms with van der Waals surface area (Å²) in [7, 11) is 0. The van der Waals surface area contributed by atoms with Crippen molar-refractivity contribution in [2.75, 3.05) is 19.8 Å². The van der Waals surface area contributed by atoms with Gasteiger partial charge in [0, 0.05) is 26.2 Å². The van der Waals surface area contributed by atoms with Gasteiger partial charge in [0.25, 0.3) is 0 Å². The molecule has 1 heterocycles. The zero-order valence-corrected chi connectivity index (χ0v) is 12.5. The lowest BCUT2D eigenvalue weighted by Gasteiger charge is -2.30. The van der Waals surface area contributed by atoms with Crippen LogP contribution in [0.3, 0.4) is 0 Å². The van der Waals surface area contributed by atoms with Crippen molar-refractivity contribution in [3.05, 3.63) is 0 Å². The fraction of sp³-hybridized carbons (Fsp3) is 0.938. The minimum Gasteiger partial charge on any atom is -0.396 e. The number of nitrogens with one attached hydrogen (secondary N) is 1. The Hall–Kier alpha value is -0.610. The van der Waals surface area contributed by atoms with Gasteiger partial charge in [-0.3, -0.25) is 4.79 Å². The second kappa shape index (κ2) is 8.63. The van der Waals surface area contributed by atoms with E-state index in [0.717, 1.165) is 45.3 Å². The molecule has 116 valence electrons. The number of rotatable bonds is 6. The number of aliphatic hydroxyl groups excluding tert-OH is 1. The second-order valence-electron chi connectivity index (χ2n) is 6.32. The Labute approximate surface area is 122 Å². The van der Waals surface area contributed by atoms with Crippen LogP contribution in [0.2, 0.25) is 0 Å². The van der Waals surface area contributed by atoms with E-state index in [1.807, 2.05) is 0 Å². The fourth-order valence-electron chi connectivity index (χ4n) is 3.45. The van der Waals surface area contributed by atoms with Crippen molar-refractivity contribution in [2.45, 2.75) is 63.9 Å². The van der Waals surface area contributed by atoms with Crippen LogP contribution in [0.4, 0.5) is 0 Å². The molecule has 1 saturated heterocycles. The summed E-state index contributed by atoms with van der Waals surface area (Å²) in [4.78, 5) is 11.9. The predicted octanol–water partition coefficient (Wildman–Crippen LogP) is 2.25. The van der Waals surface area contributed by atoms with E-state index in [2.05, 4.69) is 5.32 Å². The SMILES string of the molecule is O=C(CCC1CCCCO1)NCC1CCCCC1CO. The molecule has 4 nitrogen and oxygen atoms in total. The number of aliphatic hydroxyl groups is 1. The van der Waals surface area contributed by atoms with Gasteiger partial charge in [0.2, 0.25) is 5.91 Å². The number of carbonyl (C=O) groups excluding carboxylic acids is 1. The monoisotopic (exact) mass is 283 g/mol. The van der Waals surface area contributed by atoms with Gasteiger partial charge in [0.1, 0.15) is 0 Å². The summed E-state index contributed by atoms with van der Waals surface area (Å²) in [5, 5.41) is 12.4. The highest BCUT2D eigenvalue weighted by Gasteiger charge is 2.24. The lowest BCUT2D eigenvalue weighted by atomic mass is 9.79. The van der Waals surface area contributed by atoms with Gasteiger partial charge in [-0.15, -0.1) is 0 Å². The van der Waals surface area contributed by atoms with E-state index in [1.54, 1.807) is 0 Å². The van der Waals surface area contributed by atoms with Crippen LogP contribution in [0.1, 0.15) is 57.8 Å². The van der Waals surface area contributed by atoms with Crippen molar-refractivity contribution in [3.63, 3.8) is 0 Å². The van der Waals surface area contributed by atoms with Crippen LogP contribution >= 0.6 is 0 Å². The zero-order valence-electron chi connectivity index (χ0n) is 12.5. The van der Waals surface area contributed by atoms with Crippen molar-refractivity contribution >= 4 is 5.91 Å². The largest absolute Gasteiger partial charge is 0.396 e. The Balaban J connectivity index is 1.61. The molecular weight excluding hydrogens is 254 g/mol. The van der Waals surface area contributed by atoms with E-state index < -0.39 is 0 Å². The first kappa shape index (κ1) is 15.8. The van der Waals surface area contributed by atoms with Gasteiger partial charge >= 0.3 is 0 Å². The third kappa shape index (κ3) is 5.06.